The van der Waals surface area contributed by atoms with Crippen LogP contribution in [0.5, 0.6) is 23.0 Å². The van der Waals surface area contributed by atoms with Crippen molar-refractivity contribution in [1.82, 2.24) is 4.90 Å². The fourth-order valence-electron chi connectivity index (χ4n) is 3.33. The van der Waals surface area contributed by atoms with E-state index in [1.54, 1.807) is 40.8 Å². The fourth-order valence-corrected chi connectivity index (χ4v) is 3.56. The molecule has 0 radical (unpaired) electrons. The second-order valence-corrected chi connectivity index (χ2v) is 7.48. The Balaban J connectivity index is 1.93. The molecule has 1 heterocycles. The van der Waals surface area contributed by atoms with Crippen LogP contribution in [0.15, 0.2) is 53.1 Å². The van der Waals surface area contributed by atoms with Gasteiger partial charge in [0.1, 0.15) is 17.3 Å². The molecular formula is C24H28N2O5S. The first kappa shape index (κ1) is 23.3. The molecule has 8 heteroatoms. The average molecular weight is 457 g/mol. The molecule has 0 bridgehead atoms. The lowest BCUT2D eigenvalue weighted by Gasteiger charge is -2.27. The minimum Gasteiger partial charge on any atom is -0.496 e. The van der Waals surface area contributed by atoms with E-state index < -0.39 is 0 Å². The van der Waals surface area contributed by atoms with Crippen molar-refractivity contribution < 1.29 is 23.4 Å². The van der Waals surface area contributed by atoms with Crippen LogP contribution in [0.3, 0.4) is 0 Å². The number of aryl methyl sites for hydroxylation is 1. The summed E-state index contributed by atoms with van der Waals surface area (Å²) in [5.74, 6) is 3.36. The summed E-state index contributed by atoms with van der Waals surface area (Å²) in [5.41, 5.74) is 2.77. The summed E-state index contributed by atoms with van der Waals surface area (Å²) in [6.45, 7) is 2.93. The van der Waals surface area contributed by atoms with Crippen LogP contribution in [-0.4, -0.2) is 38.5 Å². The van der Waals surface area contributed by atoms with E-state index in [1.165, 1.54) is 0 Å². The number of hydrogen-bond acceptors (Lipinski definition) is 6. The molecule has 1 N–H and O–H groups in total. The van der Waals surface area contributed by atoms with Crippen molar-refractivity contribution in [2.24, 2.45) is 0 Å². The summed E-state index contributed by atoms with van der Waals surface area (Å²) in [7, 11) is 6.45. The molecule has 7 nitrogen and oxygen atoms in total. The van der Waals surface area contributed by atoms with Crippen molar-refractivity contribution in [1.29, 1.82) is 0 Å². The number of thiocarbonyl (C=S) groups is 1. The molecule has 0 spiro atoms. The Morgan fingerprint density at radius 1 is 0.875 bits per heavy atom. The van der Waals surface area contributed by atoms with E-state index in [9.17, 15) is 0 Å². The lowest BCUT2D eigenvalue weighted by atomic mass is 10.1. The maximum atomic E-state index is 5.79. The number of rotatable bonds is 9. The quantitative estimate of drug-likeness (QED) is 0.450. The molecule has 0 unspecified atom stereocenters. The van der Waals surface area contributed by atoms with Gasteiger partial charge in [0, 0.05) is 18.2 Å². The number of nitrogens with one attached hydrogen (secondary N) is 1. The molecule has 0 amide bonds. The van der Waals surface area contributed by atoms with E-state index in [4.69, 9.17) is 35.6 Å². The van der Waals surface area contributed by atoms with Gasteiger partial charge < -0.3 is 33.6 Å². The highest BCUT2D eigenvalue weighted by atomic mass is 32.1. The number of furan rings is 1. The summed E-state index contributed by atoms with van der Waals surface area (Å²) < 4.78 is 27.5. The van der Waals surface area contributed by atoms with Crippen LogP contribution in [0.1, 0.15) is 16.9 Å². The smallest absolute Gasteiger partial charge is 0.174 e. The first-order chi connectivity index (χ1) is 15.5. The first-order valence-corrected chi connectivity index (χ1v) is 10.4. The van der Waals surface area contributed by atoms with Gasteiger partial charge in [0.25, 0.3) is 0 Å². The van der Waals surface area contributed by atoms with Crippen LogP contribution in [-0.2, 0) is 13.1 Å². The third kappa shape index (κ3) is 5.45. The lowest BCUT2D eigenvalue weighted by Crippen LogP contribution is -2.34. The Morgan fingerprint density at radius 3 is 2.19 bits per heavy atom. The van der Waals surface area contributed by atoms with Crippen molar-refractivity contribution in [3.8, 4) is 23.0 Å². The van der Waals surface area contributed by atoms with Crippen molar-refractivity contribution in [3.63, 3.8) is 0 Å². The predicted octanol–water partition coefficient (Wildman–Crippen LogP) is 5.02. The van der Waals surface area contributed by atoms with Gasteiger partial charge in [-0.05, 0) is 55.0 Å². The van der Waals surface area contributed by atoms with Gasteiger partial charge in [-0.3, -0.25) is 0 Å². The topological polar surface area (TPSA) is 65.3 Å². The Kier molecular flexibility index (Phi) is 7.83. The fraction of sp³-hybridized carbons (Fsp3) is 0.292. The molecule has 1 aromatic heterocycles. The maximum absolute atomic E-state index is 5.79. The van der Waals surface area contributed by atoms with Gasteiger partial charge in [-0.2, -0.15) is 0 Å². The minimum absolute atomic E-state index is 0.449. The first-order valence-electron chi connectivity index (χ1n) is 10.0. The molecule has 3 rings (SSSR count). The zero-order valence-electron chi connectivity index (χ0n) is 18.9. The maximum Gasteiger partial charge on any atom is 0.174 e. The highest BCUT2D eigenvalue weighted by Crippen LogP contribution is 2.35. The van der Waals surface area contributed by atoms with E-state index in [1.807, 2.05) is 48.2 Å². The molecule has 0 fully saturated rings. The number of benzene rings is 2. The molecule has 0 atom stereocenters. The van der Waals surface area contributed by atoms with Gasteiger partial charge in [-0.1, -0.05) is 6.07 Å². The minimum atomic E-state index is 0.449. The van der Waals surface area contributed by atoms with Crippen molar-refractivity contribution >= 4 is 23.0 Å². The number of hydrogen-bond donors (Lipinski definition) is 1. The molecule has 0 aliphatic carbocycles. The normalized spacial score (nSPS) is 10.4. The summed E-state index contributed by atoms with van der Waals surface area (Å²) in [6, 6.07) is 13.4. The van der Waals surface area contributed by atoms with E-state index in [0.29, 0.717) is 41.2 Å². The van der Waals surface area contributed by atoms with Gasteiger partial charge >= 0.3 is 0 Å². The summed E-state index contributed by atoms with van der Waals surface area (Å²) >= 11 is 5.79. The molecule has 2 aromatic carbocycles. The van der Waals surface area contributed by atoms with Crippen LogP contribution >= 0.6 is 12.2 Å². The summed E-state index contributed by atoms with van der Waals surface area (Å²) in [5, 5.41) is 3.83. The lowest BCUT2D eigenvalue weighted by molar-refractivity contribution is 0.334. The van der Waals surface area contributed by atoms with E-state index in [-0.39, 0.29) is 0 Å². The van der Waals surface area contributed by atoms with Crippen molar-refractivity contribution in [3.05, 3.63) is 65.6 Å². The van der Waals surface area contributed by atoms with Crippen LogP contribution in [0.25, 0.3) is 0 Å². The van der Waals surface area contributed by atoms with Crippen LogP contribution in [0.2, 0.25) is 0 Å². The van der Waals surface area contributed by atoms with E-state index in [0.717, 1.165) is 22.6 Å². The van der Waals surface area contributed by atoms with Gasteiger partial charge in [0.05, 0.1) is 46.9 Å². The third-order valence-electron chi connectivity index (χ3n) is 4.96. The second-order valence-electron chi connectivity index (χ2n) is 7.09. The number of anilines is 1. The summed E-state index contributed by atoms with van der Waals surface area (Å²) in [6.07, 6.45) is 1.64. The van der Waals surface area contributed by atoms with Crippen molar-refractivity contribution in [2.45, 2.75) is 20.0 Å². The second kappa shape index (κ2) is 10.8. The Hall–Kier alpha value is -3.39. The van der Waals surface area contributed by atoms with Gasteiger partial charge in [0.2, 0.25) is 0 Å². The molecule has 0 aliphatic rings. The summed E-state index contributed by atoms with van der Waals surface area (Å²) in [4.78, 5) is 1.99. The molecule has 0 aliphatic heterocycles. The number of methoxy groups -OCH3 is 4. The molecule has 0 saturated carbocycles. The predicted molar refractivity (Wildman–Crippen MR) is 128 cm³/mol. The van der Waals surface area contributed by atoms with E-state index >= 15 is 0 Å². The SMILES string of the molecule is COc1cc(OC)c(OC)cc1CN(Cc1ccco1)C(=S)Nc1cc(C)ccc1OC. The Morgan fingerprint density at radius 2 is 1.56 bits per heavy atom. The standard InChI is InChI=1S/C24H28N2O5S/c1-16-8-9-20(27-2)19(11-16)25-24(32)26(15-18-7-6-10-31-18)14-17-12-22(29-4)23(30-5)13-21(17)28-3/h6-13H,14-15H2,1-5H3,(H,25,32). The number of ether oxygens (including phenoxy) is 4. The van der Waals surface area contributed by atoms with Gasteiger partial charge in [-0.25, -0.2) is 0 Å². The molecular weight excluding hydrogens is 428 g/mol. The highest BCUT2D eigenvalue weighted by molar-refractivity contribution is 7.80. The monoisotopic (exact) mass is 456 g/mol. The van der Waals surface area contributed by atoms with Gasteiger partial charge in [-0.15, -0.1) is 0 Å². The Labute approximate surface area is 193 Å². The van der Waals surface area contributed by atoms with Crippen LogP contribution < -0.4 is 24.3 Å². The zero-order valence-corrected chi connectivity index (χ0v) is 19.7. The molecule has 32 heavy (non-hydrogen) atoms. The van der Waals surface area contributed by atoms with Crippen LogP contribution in [0.4, 0.5) is 5.69 Å². The van der Waals surface area contributed by atoms with Crippen LogP contribution in [0, 0.1) is 6.92 Å². The highest BCUT2D eigenvalue weighted by Gasteiger charge is 2.19. The number of nitrogens with zero attached hydrogens (tertiary/aromatic N) is 1. The average Bonchev–Trinajstić information content (AvgIpc) is 3.31. The largest absolute Gasteiger partial charge is 0.496 e. The van der Waals surface area contributed by atoms with Gasteiger partial charge in [0.15, 0.2) is 16.6 Å². The third-order valence-corrected chi connectivity index (χ3v) is 5.32. The van der Waals surface area contributed by atoms with Crippen molar-refractivity contribution in [2.75, 3.05) is 33.8 Å². The molecule has 3 aromatic rings. The zero-order chi connectivity index (χ0) is 23.1. The van der Waals surface area contributed by atoms with E-state index in [2.05, 4.69) is 5.32 Å². The molecule has 0 saturated heterocycles. The Bertz CT molecular complexity index is 1050. The molecule has 170 valence electrons.